The Morgan fingerprint density at radius 1 is 1.35 bits per heavy atom. The summed E-state index contributed by atoms with van der Waals surface area (Å²) in [6, 6.07) is 0. The third-order valence-corrected chi connectivity index (χ3v) is 3.00. The average Bonchev–Trinajstić information content (AvgIpc) is 2.25. The molecule has 0 aromatic rings. The molecule has 0 spiro atoms. The van der Waals surface area contributed by atoms with Gasteiger partial charge in [0.15, 0.2) is 0 Å². The van der Waals surface area contributed by atoms with Gasteiger partial charge in [-0.25, -0.2) is 0 Å². The van der Waals surface area contributed by atoms with E-state index >= 15 is 0 Å². The molecule has 0 rings (SSSR count). The molecule has 0 aliphatic heterocycles. The summed E-state index contributed by atoms with van der Waals surface area (Å²) in [5.74, 6) is -1.26. The number of carbonyl (C=O) groups is 1. The molecule has 0 radical (unpaired) electrons. The normalized spacial score (nSPS) is 18.1. The van der Waals surface area contributed by atoms with Crippen LogP contribution in [0.2, 0.25) is 0 Å². The maximum absolute atomic E-state index is 10.7. The van der Waals surface area contributed by atoms with Gasteiger partial charge in [0.05, 0.1) is 18.6 Å². The Balaban J connectivity index is 5.06. The molecule has 0 aromatic heterocycles. The van der Waals surface area contributed by atoms with Crippen molar-refractivity contribution in [1.82, 2.24) is 0 Å². The zero-order valence-corrected chi connectivity index (χ0v) is 10.2. The zero-order chi connectivity index (χ0) is 13.5. The third kappa shape index (κ3) is 4.11. The first-order valence-electron chi connectivity index (χ1n) is 5.73. The van der Waals surface area contributed by atoms with Gasteiger partial charge in [0.2, 0.25) is 0 Å². The van der Waals surface area contributed by atoms with Gasteiger partial charge in [-0.05, 0) is 12.8 Å². The van der Waals surface area contributed by atoms with Gasteiger partial charge in [-0.15, -0.1) is 6.58 Å². The summed E-state index contributed by atoms with van der Waals surface area (Å²) in [5.41, 5.74) is -3.69. The number of aliphatic hydroxyl groups excluding tert-OH is 1. The Hall–Kier alpha value is -0.910. The SMILES string of the molecule is C=CCC(O)(CCCC)C(O)(CO)CC(=O)O. The molecule has 0 aromatic carbocycles. The summed E-state index contributed by atoms with van der Waals surface area (Å²) in [6.45, 7) is 4.60. The van der Waals surface area contributed by atoms with E-state index in [1.807, 2.05) is 6.92 Å². The Bertz CT molecular complexity index is 266. The van der Waals surface area contributed by atoms with Gasteiger partial charge >= 0.3 is 5.97 Å². The first-order valence-corrected chi connectivity index (χ1v) is 5.73. The summed E-state index contributed by atoms with van der Waals surface area (Å²) in [4.78, 5) is 10.7. The maximum Gasteiger partial charge on any atom is 0.306 e. The van der Waals surface area contributed by atoms with Crippen LogP contribution in [-0.2, 0) is 4.79 Å². The number of unbranched alkanes of at least 4 members (excludes halogenated alkanes) is 1. The van der Waals surface area contributed by atoms with Crippen LogP contribution in [0.4, 0.5) is 0 Å². The number of aliphatic hydroxyl groups is 3. The summed E-state index contributed by atoms with van der Waals surface area (Å²) in [5, 5.41) is 38.4. The third-order valence-electron chi connectivity index (χ3n) is 3.00. The Labute approximate surface area is 101 Å². The summed E-state index contributed by atoms with van der Waals surface area (Å²) >= 11 is 0. The lowest BCUT2D eigenvalue weighted by atomic mass is 9.75. The maximum atomic E-state index is 10.7. The molecule has 0 saturated carbocycles. The van der Waals surface area contributed by atoms with Crippen molar-refractivity contribution in [3.63, 3.8) is 0 Å². The number of carboxylic acids is 1. The van der Waals surface area contributed by atoms with Gasteiger partial charge in [0.25, 0.3) is 0 Å². The molecule has 2 unspecified atom stereocenters. The Morgan fingerprint density at radius 2 is 1.94 bits per heavy atom. The quantitative estimate of drug-likeness (QED) is 0.448. The second kappa shape index (κ2) is 6.74. The summed E-state index contributed by atoms with van der Waals surface area (Å²) in [7, 11) is 0. The Morgan fingerprint density at radius 3 is 2.29 bits per heavy atom. The predicted octanol–water partition coefficient (Wildman–Crippen LogP) is 0.682. The predicted molar refractivity (Wildman–Crippen MR) is 63.6 cm³/mol. The lowest BCUT2D eigenvalue weighted by Crippen LogP contribution is -2.57. The van der Waals surface area contributed by atoms with E-state index in [0.717, 1.165) is 6.42 Å². The highest BCUT2D eigenvalue weighted by molar-refractivity contribution is 5.68. The first-order chi connectivity index (χ1) is 7.85. The minimum absolute atomic E-state index is 0.0390. The number of hydrogen-bond donors (Lipinski definition) is 4. The molecule has 2 atom stereocenters. The monoisotopic (exact) mass is 246 g/mol. The number of rotatable bonds is 9. The lowest BCUT2D eigenvalue weighted by molar-refractivity contribution is -0.188. The van der Waals surface area contributed by atoms with Crippen LogP contribution in [0.1, 0.15) is 39.0 Å². The van der Waals surface area contributed by atoms with Crippen LogP contribution >= 0.6 is 0 Å². The van der Waals surface area contributed by atoms with Crippen molar-refractivity contribution in [2.24, 2.45) is 0 Å². The van der Waals surface area contributed by atoms with Gasteiger partial charge < -0.3 is 20.4 Å². The fraction of sp³-hybridized carbons (Fsp3) is 0.750. The molecule has 0 saturated heterocycles. The number of hydrogen-bond acceptors (Lipinski definition) is 4. The highest BCUT2D eigenvalue weighted by Gasteiger charge is 2.48. The van der Waals surface area contributed by atoms with E-state index in [2.05, 4.69) is 6.58 Å². The molecule has 0 bridgehead atoms. The van der Waals surface area contributed by atoms with Crippen molar-refractivity contribution >= 4 is 5.97 Å². The number of carboxylic acid groups (broad SMARTS) is 1. The van der Waals surface area contributed by atoms with Gasteiger partial charge in [-0.1, -0.05) is 25.8 Å². The molecule has 100 valence electrons. The van der Waals surface area contributed by atoms with Crippen molar-refractivity contribution in [2.75, 3.05) is 6.61 Å². The van der Waals surface area contributed by atoms with E-state index in [1.54, 1.807) is 0 Å². The fourth-order valence-corrected chi connectivity index (χ4v) is 1.85. The van der Waals surface area contributed by atoms with Crippen LogP contribution in [0.15, 0.2) is 12.7 Å². The fourth-order valence-electron chi connectivity index (χ4n) is 1.85. The van der Waals surface area contributed by atoms with Crippen molar-refractivity contribution in [1.29, 1.82) is 0 Å². The lowest BCUT2D eigenvalue weighted by Gasteiger charge is -2.41. The molecule has 0 aliphatic carbocycles. The molecule has 0 amide bonds. The zero-order valence-electron chi connectivity index (χ0n) is 10.2. The van der Waals surface area contributed by atoms with Crippen molar-refractivity contribution in [3.05, 3.63) is 12.7 Å². The van der Waals surface area contributed by atoms with Gasteiger partial charge in [0.1, 0.15) is 5.60 Å². The van der Waals surface area contributed by atoms with E-state index in [9.17, 15) is 20.1 Å². The Kier molecular flexibility index (Phi) is 6.37. The molecule has 0 fully saturated rings. The van der Waals surface area contributed by atoms with E-state index in [-0.39, 0.29) is 12.8 Å². The van der Waals surface area contributed by atoms with Crippen LogP contribution in [0.3, 0.4) is 0 Å². The van der Waals surface area contributed by atoms with Gasteiger partial charge in [-0.2, -0.15) is 0 Å². The molecule has 4 N–H and O–H groups in total. The van der Waals surface area contributed by atoms with Crippen LogP contribution in [0.25, 0.3) is 0 Å². The van der Waals surface area contributed by atoms with Crippen LogP contribution < -0.4 is 0 Å². The van der Waals surface area contributed by atoms with E-state index in [0.29, 0.717) is 6.42 Å². The van der Waals surface area contributed by atoms with E-state index in [4.69, 9.17) is 5.11 Å². The highest BCUT2D eigenvalue weighted by atomic mass is 16.4. The van der Waals surface area contributed by atoms with Crippen molar-refractivity contribution < 1.29 is 25.2 Å². The molecule has 5 nitrogen and oxygen atoms in total. The standard InChI is InChI=1S/C12H22O5/c1-3-5-7-11(16,6-4-2)12(17,9-13)8-10(14)15/h4,13,16-17H,2-3,5-9H2,1H3,(H,14,15). The molecule has 0 aliphatic rings. The second-order valence-electron chi connectivity index (χ2n) is 4.39. The van der Waals surface area contributed by atoms with Crippen LogP contribution in [-0.4, -0.2) is 44.2 Å². The molecule has 5 heteroatoms. The molecule has 17 heavy (non-hydrogen) atoms. The number of aliphatic carboxylic acids is 1. The molecular weight excluding hydrogens is 224 g/mol. The minimum Gasteiger partial charge on any atom is -0.481 e. The van der Waals surface area contributed by atoms with Crippen molar-refractivity contribution in [2.45, 2.75) is 50.2 Å². The van der Waals surface area contributed by atoms with E-state index < -0.39 is 30.2 Å². The molecular formula is C12H22O5. The average molecular weight is 246 g/mol. The van der Waals surface area contributed by atoms with Crippen molar-refractivity contribution in [3.8, 4) is 0 Å². The van der Waals surface area contributed by atoms with Crippen LogP contribution in [0.5, 0.6) is 0 Å². The summed E-state index contributed by atoms with van der Waals surface area (Å²) in [6.07, 6.45) is 2.41. The van der Waals surface area contributed by atoms with Gasteiger partial charge in [0, 0.05) is 0 Å². The summed E-state index contributed by atoms with van der Waals surface area (Å²) < 4.78 is 0. The first kappa shape index (κ1) is 16.1. The largest absolute Gasteiger partial charge is 0.481 e. The minimum atomic E-state index is -2.04. The highest BCUT2D eigenvalue weighted by Crippen LogP contribution is 2.34. The smallest absolute Gasteiger partial charge is 0.306 e. The second-order valence-corrected chi connectivity index (χ2v) is 4.39. The van der Waals surface area contributed by atoms with Gasteiger partial charge in [-0.3, -0.25) is 4.79 Å². The molecule has 0 heterocycles. The van der Waals surface area contributed by atoms with Crippen LogP contribution in [0, 0.1) is 0 Å². The topological polar surface area (TPSA) is 98.0 Å². The van der Waals surface area contributed by atoms with E-state index in [1.165, 1.54) is 6.08 Å².